The zero-order chi connectivity index (χ0) is 19.5. The van der Waals surface area contributed by atoms with Crippen LogP contribution >= 0.6 is 15.9 Å². The lowest BCUT2D eigenvalue weighted by molar-refractivity contribution is 0.0331. The van der Waals surface area contributed by atoms with Crippen LogP contribution in [0.5, 0.6) is 0 Å². The third kappa shape index (κ3) is 4.14. The molecular formula is C22H23BrN2O3. The van der Waals surface area contributed by atoms with E-state index < -0.39 is 0 Å². The van der Waals surface area contributed by atoms with Crippen LogP contribution in [0.3, 0.4) is 0 Å². The predicted octanol–water partition coefficient (Wildman–Crippen LogP) is 4.31. The molecular weight excluding hydrogens is 420 g/mol. The van der Waals surface area contributed by atoms with Crippen molar-refractivity contribution in [2.75, 3.05) is 32.8 Å². The molecule has 146 valence electrons. The number of aryl methyl sites for hydroxylation is 1. The monoisotopic (exact) mass is 442 g/mol. The number of rotatable bonds is 5. The first-order valence-corrected chi connectivity index (χ1v) is 10.3. The number of hydrogen-bond acceptors (Lipinski definition) is 4. The van der Waals surface area contributed by atoms with Gasteiger partial charge in [0.2, 0.25) is 0 Å². The Bertz CT molecular complexity index is 965. The third-order valence-corrected chi connectivity index (χ3v) is 5.65. The number of carbonyl (C=O) groups is 1. The van der Waals surface area contributed by atoms with Crippen molar-refractivity contribution in [2.45, 2.75) is 13.0 Å². The fourth-order valence-corrected chi connectivity index (χ4v) is 3.96. The maximum Gasteiger partial charge on any atom is 0.287 e. The smallest absolute Gasteiger partial charge is 0.287 e. The van der Waals surface area contributed by atoms with E-state index in [2.05, 4.69) is 26.1 Å². The molecule has 6 heteroatoms. The number of benzene rings is 2. The summed E-state index contributed by atoms with van der Waals surface area (Å²) in [7, 11) is 0. The second-order valence-corrected chi connectivity index (χ2v) is 7.96. The molecule has 0 spiro atoms. The molecule has 1 saturated heterocycles. The van der Waals surface area contributed by atoms with Gasteiger partial charge in [0.25, 0.3) is 5.91 Å². The zero-order valence-corrected chi connectivity index (χ0v) is 17.4. The summed E-state index contributed by atoms with van der Waals surface area (Å²) in [6.45, 7) is 5.87. The van der Waals surface area contributed by atoms with Gasteiger partial charge in [0.1, 0.15) is 5.58 Å². The summed E-state index contributed by atoms with van der Waals surface area (Å²) in [6.07, 6.45) is 0. The number of ether oxygens (including phenoxy) is 1. The molecule has 2 aromatic carbocycles. The molecule has 1 amide bonds. The Kier molecular flexibility index (Phi) is 5.80. The van der Waals surface area contributed by atoms with Crippen molar-refractivity contribution in [2.24, 2.45) is 0 Å². The molecule has 1 aromatic heterocycles. The molecule has 0 bridgehead atoms. The van der Waals surface area contributed by atoms with Gasteiger partial charge < -0.3 is 14.5 Å². The minimum Gasteiger partial charge on any atom is -0.451 e. The average molecular weight is 443 g/mol. The SMILES string of the molecule is Cc1c(C(=O)N[C@@H](CN2CCOCC2)c2ccccc2)oc2ccc(Br)cc12. The van der Waals surface area contributed by atoms with E-state index in [1.54, 1.807) is 0 Å². The average Bonchev–Trinajstić information content (AvgIpc) is 3.05. The normalized spacial score (nSPS) is 16.2. The predicted molar refractivity (Wildman–Crippen MR) is 113 cm³/mol. The van der Waals surface area contributed by atoms with Gasteiger partial charge in [-0.25, -0.2) is 0 Å². The molecule has 3 aromatic rings. The van der Waals surface area contributed by atoms with Crippen molar-refractivity contribution in [1.82, 2.24) is 10.2 Å². The van der Waals surface area contributed by atoms with Gasteiger partial charge in [0.15, 0.2) is 5.76 Å². The minimum atomic E-state index is -0.188. The van der Waals surface area contributed by atoms with Crippen LogP contribution in [-0.4, -0.2) is 43.7 Å². The first kappa shape index (κ1) is 19.2. The van der Waals surface area contributed by atoms with Crippen molar-refractivity contribution in [1.29, 1.82) is 0 Å². The first-order valence-electron chi connectivity index (χ1n) is 9.46. The van der Waals surface area contributed by atoms with Crippen LogP contribution in [0.15, 0.2) is 57.4 Å². The summed E-state index contributed by atoms with van der Waals surface area (Å²) < 4.78 is 12.3. The highest BCUT2D eigenvalue weighted by Gasteiger charge is 2.24. The van der Waals surface area contributed by atoms with Gasteiger partial charge in [-0.2, -0.15) is 0 Å². The number of amides is 1. The van der Waals surface area contributed by atoms with E-state index in [4.69, 9.17) is 9.15 Å². The summed E-state index contributed by atoms with van der Waals surface area (Å²) in [5.74, 6) is 0.183. The lowest BCUT2D eigenvalue weighted by Gasteiger charge is -2.31. The molecule has 0 aliphatic carbocycles. The van der Waals surface area contributed by atoms with Gasteiger partial charge in [0.05, 0.1) is 19.3 Å². The summed E-state index contributed by atoms with van der Waals surface area (Å²) in [4.78, 5) is 15.4. The Morgan fingerprint density at radius 3 is 2.68 bits per heavy atom. The maximum absolute atomic E-state index is 13.1. The van der Waals surface area contributed by atoms with Crippen molar-refractivity contribution in [3.05, 3.63) is 69.9 Å². The van der Waals surface area contributed by atoms with Gasteiger partial charge in [-0.15, -0.1) is 0 Å². The number of nitrogens with one attached hydrogen (secondary N) is 1. The number of halogens is 1. The van der Waals surface area contributed by atoms with Crippen LogP contribution in [-0.2, 0) is 4.74 Å². The number of carbonyl (C=O) groups excluding carboxylic acids is 1. The van der Waals surface area contributed by atoms with Crippen LogP contribution in [0, 0.1) is 6.92 Å². The molecule has 1 aliphatic heterocycles. The second kappa shape index (κ2) is 8.47. The van der Waals surface area contributed by atoms with E-state index in [0.29, 0.717) is 5.76 Å². The number of furan rings is 1. The molecule has 5 nitrogen and oxygen atoms in total. The maximum atomic E-state index is 13.1. The third-order valence-electron chi connectivity index (χ3n) is 5.16. The number of nitrogens with zero attached hydrogens (tertiary/aromatic N) is 1. The van der Waals surface area contributed by atoms with Crippen LogP contribution in [0.4, 0.5) is 0 Å². The van der Waals surface area contributed by atoms with E-state index >= 15 is 0 Å². The molecule has 1 fully saturated rings. The number of hydrogen-bond donors (Lipinski definition) is 1. The molecule has 0 unspecified atom stereocenters. The Morgan fingerprint density at radius 2 is 1.93 bits per heavy atom. The standard InChI is InChI=1S/C22H23BrN2O3/c1-15-18-13-17(23)7-8-20(18)28-21(15)22(26)24-19(16-5-3-2-4-6-16)14-25-9-11-27-12-10-25/h2-8,13,19H,9-12,14H2,1H3,(H,24,26)/t19-/m0/s1. The highest BCUT2D eigenvalue weighted by Crippen LogP contribution is 2.28. The largest absolute Gasteiger partial charge is 0.451 e. The number of fused-ring (bicyclic) bond motifs is 1. The molecule has 28 heavy (non-hydrogen) atoms. The van der Waals surface area contributed by atoms with Gasteiger partial charge in [-0.1, -0.05) is 46.3 Å². The topological polar surface area (TPSA) is 54.7 Å². The van der Waals surface area contributed by atoms with Crippen LogP contribution < -0.4 is 5.32 Å². The highest BCUT2D eigenvalue weighted by molar-refractivity contribution is 9.10. The molecule has 1 aliphatic rings. The van der Waals surface area contributed by atoms with Crippen molar-refractivity contribution >= 4 is 32.8 Å². The Balaban J connectivity index is 1.59. The van der Waals surface area contributed by atoms with Crippen LogP contribution in [0.25, 0.3) is 11.0 Å². The molecule has 1 N–H and O–H groups in total. The molecule has 1 atom stereocenters. The van der Waals surface area contributed by atoms with Gasteiger partial charge in [0, 0.05) is 35.1 Å². The Hall–Kier alpha value is -2.15. The zero-order valence-electron chi connectivity index (χ0n) is 15.8. The van der Waals surface area contributed by atoms with Crippen LogP contribution in [0.2, 0.25) is 0 Å². The minimum absolute atomic E-state index is 0.119. The Labute approximate surface area is 172 Å². The van der Waals surface area contributed by atoms with Crippen LogP contribution in [0.1, 0.15) is 27.7 Å². The van der Waals surface area contributed by atoms with E-state index in [9.17, 15) is 4.79 Å². The Morgan fingerprint density at radius 1 is 1.18 bits per heavy atom. The van der Waals surface area contributed by atoms with Crippen molar-refractivity contribution < 1.29 is 13.9 Å². The lowest BCUT2D eigenvalue weighted by Crippen LogP contribution is -2.43. The van der Waals surface area contributed by atoms with Crippen molar-refractivity contribution in [3.63, 3.8) is 0 Å². The molecule has 4 rings (SSSR count). The molecule has 0 saturated carbocycles. The van der Waals surface area contributed by atoms with E-state index in [1.807, 2.05) is 55.5 Å². The van der Waals surface area contributed by atoms with E-state index in [0.717, 1.165) is 59.4 Å². The molecule has 2 heterocycles. The summed E-state index contributed by atoms with van der Waals surface area (Å²) in [6, 6.07) is 15.7. The summed E-state index contributed by atoms with van der Waals surface area (Å²) >= 11 is 3.48. The second-order valence-electron chi connectivity index (χ2n) is 7.05. The van der Waals surface area contributed by atoms with Crippen molar-refractivity contribution in [3.8, 4) is 0 Å². The fourth-order valence-electron chi connectivity index (χ4n) is 3.60. The molecule has 0 radical (unpaired) electrons. The van der Waals surface area contributed by atoms with Gasteiger partial charge in [-0.3, -0.25) is 9.69 Å². The van der Waals surface area contributed by atoms with Gasteiger partial charge >= 0.3 is 0 Å². The highest BCUT2D eigenvalue weighted by atomic mass is 79.9. The fraction of sp³-hybridized carbons (Fsp3) is 0.318. The first-order chi connectivity index (χ1) is 13.6. The summed E-state index contributed by atoms with van der Waals surface area (Å²) in [5.41, 5.74) is 2.65. The summed E-state index contributed by atoms with van der Waals surface area (Å²) in [5, 5.41) is 4.13. The lowest BCUT2D eigenvalue weighted by atomic mass is 10.1. The van der Waals surface area contributed by atoms with E-state index in [1.165, 1.54) is 0 Å². The number of morpholine rings is 1. The quantitative estimate of drug-likeness (QED) is 0.639. The van der Waals surface area contributed by atoms with E-state index in [-0.39, 0.29) is 11.9 Å². The van der Waals surface area contributed by atoms with Gasteiger partial charge in [-0.05, 0) is 30.7 Å².